The first-order valence-electron chi connectivity index (χ1n) is 9.13. The van der Waals surface area contributed by atoms with Crippen LogP contribution in [0.5, 0.6) is 0 Å². The maximum absolute atomic E-state index is 13.1. The summed E-state index contributed by atoms with van der Waals surface area (Å²) in [6, 6.07) is -0.621. The van der Waals surface area contributed by atoms with Gasteiger partial charge >= 0.3 is 0 Å². The Morgan fingerprint density at radius 2 is 1.84 bits per heavy atom. The van der Waals surface area contributed by atoms with Crippen LogP contribution in [-0.2, 0) is 19.2 Å². The van der Waals surface area contributed by atoms with Crippen molar-refractivity contribution in [1.82, 2.24) is 15.1 Å². The number of rotatable bonds is 3. The van der Waals surface area contributed by atoms with E-state index in [-0.39, 0.29) is 42.0 Å². The van der Waals surface area contributed by atoms with Crippen LogP contribution < -0.4 is 5.32 Å². The monoisotopic (exact) mass is 349 g/mol. The van der Waals surface area contributed by atoms with Crippen LogP contribution >= 0.6 is 0 Å². The van der Waals surface area contributed by atoms with Crippen molar-refractivity contribution in [3.05, 3.63) is 0 Å². The molecule has 2 aliphatic heterocycles. The van der Waals surface area contributed by atoms with Gasteiger partial charge in [0.15, 0.2) is 0 Å². The van der Waals surface area contributed by atoms with Gasteiger partial charge in [0.05, 0.1) is 12.3 Å². The molecule has 0 aromatic heterocycles. The van der Waals surface area contributed by atoms with Crippen LogP contribution in [0.15, 0.2) is 0 Å². The molecule has 138 valence electrons. The van der Waals surface area contributed by atoms with E-state index >= 15 is 0 Å². The minimum Gasteiger partial charge on any atom is -0.341 e. The first kappa shape index (κ1) is 17.9. The molecule has 4 amide bonds. The third kappa shape index (κ3) is 3.70. The fraction of sp³-hybridized carbons (Fsp3) is 0.778. The van der Waals surface area contributed by atoms with Gasteiger partial charge < -0.3 is 9.80 Å². The molecule has 3 aliphatic rings. The molecule has 2 atom stereocenters. The van der Waals surface area contributed by atoms with Gasteiger partial charge in [-0.05, 0) is 25.7 Å². The molecule has 7 nitrogen and oxygen atoms in total. The summed E-state index contributed by atoms with van der Waals surface area (Å²) >= 11 is 0. The zero-order chi connectivity index (χ0) is 18.4. The smallest absolute Gasteiger partial charge is 0.249 e. The normalized spacial score (nSPS) is 27.2. The number of likely N-dealkylation sites (tertiary alicyclic amines) is 1. The van der Waals surface area contributed by atoms with Gasteiger partial charge in [-0.15, -0.1) is 0 Å². The van der Waals surface area contributed by atoms with E-state index in [0.717, 1.165) is 25.7 Å². The summed E-state index contributed by atoms with van der Waals surface area (Å²) in [5.41, 5.74) is -0.473. The molecule has 0 aromatic carbocycles. The van der Waals surface area contributed by atoms with Crippen molar-refractivity contribution in [3.63, 3.8) is 0 Å². The van der Waals surface area contributed by atoms with Gasteiger partial charge in [0.2, 0.25) is 23.6 Å². The molecule has 7 heteroatoms. The van der Waals surface area contributed by atoms with Crippen LogP contribution in [0.1, 0.15) is 52.9 Å². The molecule has 0 aromatic rings. The van der Waals surface area contributed by atoms with Gasteiger partial charge in [-0.1, -0.05) is 20.8 Å². The van der Waals surface area contributed by atoms with Gasteiger partial charge in [-0.2, -0.15) is 0 Å². The van der Waals surface area contributed by atoms with Crippen molar-refractivity contribution >= 4 is 23.6 Å². The Labute approximate surface area is 148 Å². The zero-order valence-corrected chi connectivity index (χ0v) is 15.2. The summed E-state index contributed by atoms with van der Waals surface area (Å²) in [6.07, 6.45) is 3.31. The Balaban J connectivity index is 1.73. The lowest BCUT2D eigenvalue weighted by atomic mass is 9.90. The zero-order valence-electron chi connectivity index (χ0n) is 15.2. The van der Waals surface area contributed by atoms with Gasteiger partial charge in [0.25, 0.3) is 0 Å². The molecule has 2 heterocycles. The number of hydrogen-bond acceptors (Lipinski definition) is 4. The van der Waals surface area contributed by atoms with Crippen molar-refractivity contribution in [2.75, 3.05) is 13.1 Å². The maximum atomic E-state index is 13.1. The molecule has 2 saturated heterocycles. The SMILES string of the molecule is CC(C)(C)C(=O)N1CCC[C@@H](C(=O)N(C2CC2)[C@H]2CC(=O)NC2=O)C1. The van der Waals surface area contributed by atoms with Crippen molar-refractivity contribution in [1.29, 1.82) is 0 Å². The van der Waals surface area contributed by atoms with Crippen LogP contribution in [0.4, 0.5) is 0 Å². The predicted octanol–water partition coefficient (Wildman–Crippen LogP) is 0.677. The second-order valence-corrected chi connectivity index (χ2v) is 8.45. The molecular weight excluding hydrogens is 322 g/mol. The number of nitrogens with zero attached hydrogens (tertiary/aromatic N) is 2. The summed E-state index contributed by atoms with van der Waals surface area (Å²) in [7, 11) is 0. The van der Waals surface area contributed by atoms with E-state index in [1.54, 1.807) is 9.80 Å². The predicted molar refractivity (Wildman–Crippen MR) is 90.2 cm³/mol. The van der Waals surface area contributed by atoms with Gasteiger partial charge in [0.1, 0.15) is 6.04 Å². The summed E-state index contributed by atoms with van der Waals surface area (Å²) in [5, 5.41) is 2.30. The maximum Gasteiger partial charge on any atom is 0.249 e. The largest absolute Gasteiger partial charge is 0.341 e. The van der Waals surface area contributed by atoms with Crippen LogP contribution in [0.25, 0.3) is 0 Å². The minimum atomic E-state index is -0.679. The molecule has 0 unspecified atom stereocenters. The second-order valence-electron chi connectivity index (χ2n) is 8.45. The van der Waals surface area contributed by atoms with E-state index in [2.05, 4.69) is 5.32 Å². The molecule has 0 radical (unpaired) electrons. The van der Waals surface area contributed by atoms with E-state index in [1.807, 2.05) is 20.8 Å². The average molecular weight is 349 g/mol. The van der Waals surface area contributed by atoms with Crippen molar-refractivity contribution in [3.8, 4) is 0 Å². The lowest BCUT2D eigenvalue weighted by Crippen LogP contribution is -2.53. The van der Waals surface area contributed by atoms with Gasteiger partial charge in [-0.25, -0.2) is 0 Å². The Hall–Kier alpha value is -1.92. The highest BCUT2D eigenvalue weighted by Gasteiger charge is 2.47. The molecule has 0 bridgehead atoms. The number of carbonyl (C=O) groups excluding carboxylic acids is 4. The van der Waals surface area contributed by atoms with Crippen molar-refractivity contribution in [2.45, 2.75) is 65.0 Å². The van der Waals surface area contributed by atoms with Crippen LogP contribution in [0, 0.1) is 11.3 Å². The number of carbonyl (C=O) groups is 4. The number of piperidine rings is 1. The van der Waals surface area contributed by atoms with Crippen molar-refractivity contribution in [2.24, 2.45) is 11.3 Å². The Morgan fingerprint density at radius 1 is 1.16 bits per heavy atom. The summed E-state index contributed by atoms with van der Waals surface area (Å²) in [4.78, 5) is 52.7. The average Bonchev–Trinajstić information content (AvgIpc) is 3.31. The standard InChI is InChI=1S/C18H27N3O4/c1-18(2,3)17(25)20-8-4-5-11(10-20)16(24)21(12-6-7-12)13-9-14(22)19-15(13)23/h11-13H,4-10H2,1-3H3,(H,19,22,23)/t11-,13+/m1/s1. The highest BCUT2D eigenvalue weighted by Crippen LogP contribution is 2.34. The van der Waals surface area contributed by atoms with Crippen LogP contribution in [0.3, 0.4) is 0 Å². The highest BCUT2D eigenvalue weighted by atomic mass is 16.2. The molecule has 1 aliphatic carbocycles. The molecule has 3 fully saturated rings. The topological polar surface area (TPSA) is 86.8 Å². The number of nitrogens with one attached hydrogen (secondary N) is 1. The Morgan fingerprint density at radius 3 is 2.36 bits per heavy atom. The van der Waals surface area contributed by atoms with E-state index < -0.39 is 11.5 Å². The van der Waals surface area contributed by atoms with Gasteiger partial charge in [0, 0.05) is 24.5 Å². The third-order valence-corrected chi connectivity index (χ3v) is 5.17. The highest BCUT2D eigenvalue weighted by molar-refractivity contribution is 6.07. The second kappa shape index (κ2) is 6.42. The number of amides is 4. The lowest BCUT2D eigenvalue weighted by Gasteiger charge is -2.38. The van der Waals surface area contributed by atoms with E-state index in [1.165, 1.54) is 0 Å². The molecule has 3 rings (SSSR count). The Bertz CT molecular complexity index is 606. The fourth-order valence-electron chi connectivity index (χ4n) is 3.75. The Kier molecular flexibility index (Phi) is 4.60. The summed E-state index contributed by atoms with van der Waals surface area (Å²) in [6.45, 7) is 6.72. The lowest BCUT2D eigenvalue weighted by molar-refractivity contribution is -0.148. The summed E-state index contributed by atoms with van der Waals surface area (Å²) in [5.74, 6) is -1.00. The number of hydrogen-bond donors (Lipinski definition) is 1. The van der Waals surface area contributed by atoms with Crippen LogP contribution in [-0.4, -0.2) is 58.6 Å². The fourth-order valence-corrected chi connectivity index (χ4v) is 3.75. The molecular formula is C18H27N3O4. The first-order valence-corrected chi connectivity index (χ1v) is 9.13. The third-order valence-electron chi connectivity index (χ3n) is 5.17. The molecule has 25 heavy (non-hydrogen) atoms. The van der Waals surface area contributed by atoms with Crippen molar-refractivity contribution < 1.29 is 19.2 Å². The van der Waals surface area contributed by atoms with Crippen LogP contribution in [0.2, 0.25) is 0 Å². The van der Waals surface area contributed by atoms with E-state index in [0.29, 0.717) is 13.1 Å². The molecule has 1 N–H and O–H groups in total. The molecule has 0 spiro atoms. The molecule has 1 saturated carbocycles. The quantitative estimate of drug-likeness (QED) is 0.759. The first-order chi connectivity index (χ1) is 11.7. The van der Waals surface area contributed by atoms with Gasteiger partial charge in [-0.3, -0.25) is 24.5 Å². The summed E-state index contributed by atoms with van der Waals surface area (Å²) < 4.78 is 0. The van der Waals surface area contributed by atoms with E-state index in [9.17, 15) is 19.2 Å². The number of imide groups is 1. The van der Waals surface area contributed by atoms with E-state index in [4.69, 9.17) is 0 Å². The minimum absolute atomic E-state index is 0.0526.